The van der Waals surface area contributed by atoms with Gasteiger partial charge in [-0.25, -0.2) is 0 Å². The molecule has 0 saturated heterocycles. The molecule has 3 aromatic heterocycles. The highest BCUT2D eigenvalue weighted by atomic mass is 16.4. The van der Waals surface area contributed by atoms with Crippen molar-refractivity contribution in [2.45, 2.75) is 12.6 Å². The molecular weight excluding hydrogens is 356 g/mol. The van der Waals surface area contributed by atoms with Crippen molar-refractivity contribution < 1.29 is 13.6 Å². The zero-order valence-corrected chi connectivity index (χ0v) is 14.9. The molecule has 1 amide bonds. The normalized spacial score (nSPS) is 11.9. The minimum atomic E-state index is -0.436. The smallest absolute Gasteiger partial charge is 0.287 e. The summed E-state index contributed by atoms with van der Waals surface area (Å²) in [4.78, 5) is 24.6. The summed E-state index contributed by atoms with van der Waals surface area (Å²) in [7, 11) is 0. The summed E-state index contributed by atoms with van der Waals surface area (Å²) < 4.78 is 12.7. The highest BCUT2D eigenvalue weighted by molar-refractivity contribution is 5.92. The second-order valence-electron chi connectivity index (χ2n) is 6.27. The summed E-state index contributed by atoms with van der Waals surface area (Å²) in [5, 5.41) is 2.95. The van der Waals surface area contributed by atoms with Gasteiger partial charge in [-0.15, -0.1) is 0 Å². The number of benzene rings is 1. The minimum Gasteiger partial charge on any atom is -0.467 e. The van der Waals surface area contributed by atoms with Crippen molar-refractivity contribution in [3.8, 4) is 0 Å². The summed E-state index contributed by atoms with van der Waals surface area (Å²) in [6, 6.07) is 20.9. The van der Waals surface area contributed by atoms with Crippen LogP contribution in [0.3, 0.4) is 0 Å². The SMILES string of the molecule is O=C(NC(c1ccccc1)c1ccco1)c1ccc(Cn2ccccc2=O)o1. The van der Waals surface area contributed by atoms with Gasteiger partial charge in [0.1, 0.15) is 17.6 Å². The molecule has 1 unspecified atom stereocenters. The Morgan fingerprint density at radius 3 is 2.54 bits per heavy atom. The van der Waals surface area contributed by atoms with E-state index in [1.807, 2.05) is 36.4 Å². The van der Waals surface area contributed by atoms with Crippen LogP contribution in [-0.4, -0.2) is 10.5 Å². The third-order valence-corrected chi connectivity index (χ3v) is 4.35. The summed E-state index contributed by atoms with van der Waals surface area (Å²) in [6.45, 7) is 0.257. The second-order valence-corrected chi connectivity index (χ2v) is 6.27. The van der Waals surface area contributed by atoms with Crippen molar-refractivity contribution in [2.24, 2.45) is 0 Å². The van der Waals surface area contributed by atoms with Crippen LogP contribution in [0.15, 0.2) is 98.9 Å². The number of aromatic nitrogens is 1. The van der Waals surface area contributed by atoms with Crippen LogP contribution in [0, 0.1) is 0 Å². The van der Waals surface area contributed by atoms with E-state index in [0.717, 1.165) is 5.56 Å². The Morgan fingerprint density at radius 2 is 1.79 bits per heavy atom. The van der Waals surface area contributed by atoms with E-state index in [-0.39, 0.29) is 23.8 Å². The van der Waals surface area contributed by atoms with Gasteiger partial charge in [-0.2, -0.15) is 0 Å². The summed E-state index contributed by atoms with van der Waals surface area (Å²) in [5.41, 5.74) is 0.764. The minimum absolute atomic E-state index is 0.133. The molecule has 6 heteroatoms. The van der Waals surface area contributed by atoms with E-state index >= 15 is 0 Å². The number of pyridine rings is 1. The van der Waals surface area contributed by atoms with Gasteiger partial charge in [-0.05, 0) is 35.9 Å². The Kier molecular flexibility index (Phi) is 4.93. The van der Waals surface area contributed by atoms with Gasteiger partial charge in [-0.1, -0.05) is 36.4 Å². The van der Waals surface area contributed by atoms with E-state index in [9.17, 15) is 9.59 Å². The first-order chi connectivity index (χ1) is 13.7. The molecular formula is C22H18N2O4. The molecule has 6 nitrogen and oxygen atoms in total. The maximum absolute atomic E-state index is 12.7. The lowest BCUT2D eigenvalue weighted by atomic mass is 10.0. The number of rotatable bonds is 6. The molecule has 0 radical (unpaired) electrons. The molecule has 1 atom stereocenters. The van der Waals surface area contributed by atoms with Crippen LogP contribution in [0.25, 0.3) is 0 Å². The van der Waals surface area contributed by atoms with E-state index in [1.54, 1.807) is 42.8 Å². The maximum atomic E-state index is 12.7. The van der Waals surface area contributed by atoms with Gasteiger partial charge in [0, 0.05) is 12.3 Å². The number of amides is 1. The summed E-state index contributed by atoms with van der Waals surface area (Å²) in [5.74, 6) is 0.957. The Balaban J connectivity index is 1.53. The fraction of sp³-hybridized carbons (Fsp3) is 0.0909. The fourth-order valence-electron chi connectivity index (χ4n) is 2.97. The quantitative estimate of drug-likeness (QED) is 0.559. The Morgan fingerprint density at radius 1 is 0.964 bits per heavy atom. The van der Waals surface area contributed by atoms with Gasteiger partial charge >= 0.3 is 0 Å². The topological polar surface area (TPSA) is 77.4 Å². The van der Waals surface area contributed by atoms with Gasteiger partial charge in [0.15, 0.2) is 5.76 Å². The standard InChI is InChI=1S/C22H18N2O4/c25-20-10-4-5-13-24(20)15-17-11-12-19(28-17)22(26)23-21(18-9-6-14-27-18)16-7-2-1-3-8-16/h1-14,21H,15H2,(H,23,26). The first-order valence-electron chi connectivity index (χ1n) is 8.84. The number of nitrogens with zero attached hydrogens (tertiary/aromatic N) is 1. The highest BCUT2D eigenvalue weighted by Gasteiger charge is 2.21. The lowest BCUT2D eigenvalue weighted by Crippen LogP contribution is -2.28. The summed E-state index contributed by atoms with van der Waals surface area (Å²) in [6.07, 6.45) is 3.24. The lowest BCUT2D eigenvalue weighted by Gasteiger charge is -2.16. The van der Waals surface area contributed by atoms with Crippen molar-refractivity contribution in [3.05, 3.63) is 118 Å². The van der Waals surface area contributed by atoms with Gasteiger partial charge in [0.05, 0.1) is 12.8 Å². The summed E-state index contributed by atoms with van der Waals surface area (Å²) >= 11 is 0. The molecule has 0 spiro atoms. The lowest BCUT2D eigenvalue weighted by molar-refractivity contribution is 0.0909. The average Bonchev–Trinajstić information content (AvgIpc) is 3.41. The Bertz CT molecular complexity index is 1110. The van der Waals surface area contributed by atoms with Crippen molar-refractivity contribution in [3.63, 3.8) is 0 Å². The van der Waals surface area contributed by atoms with Crippen LogP contribution in [0.2, 0.25) is 0 Å². The first-order valence-corrected chi connectivity index (χ1v) is 8.84. The number of furan rings is 2. The van der Waals surface area contributed by atoms with Gasteiger partial charge in [0.2, 0.25) is 0 Å². The largest absolute Gasteiger partial charge is 0.467 e. The van der Waals surface area contributed by atoms with Crippen LogP contribution >= 0.6 is 0 Å². The maximum Gasteiger partial charge on any atom is 0.287 e. The molecule has 0 aliphatic rings. The van der Waals surface area contributed by atoms with Gasteiger partial charge in [-0.3, -0.25) is 9.59 Å². The van der Waals surface area contributed by atoms with Gasteiger partial charge in [0.25, 0.3) is 11.5 Å². The van der Waals surface area contributed by atoms with Crippen LogP contribution in [-0.2, 0) is 6.54 Å². The molecule has 1 N–H and O–H groups in total. The Hall–Kier alpha value is -3.80. The highest BCUT2D eigenvalue weighted by Crippen LogP contribution is 2.23. The third kappa shape index (κ3) is 3.81. The zero-order chi connectivity index (χ0) is 19.3. The van der Waals surface area contributed by atoms with E-state index in [2.05, 4.69) is 5.32 Å². The molecule has 0 aliphatic heterocycles. The average molecular weight is 374 g/mol. The van der Waals surface area contributed by atoms with E-state index < -0.39 is 6.04 Å². The van der Waals surface area contributed by atoms with E-state index in [4.69, 9.17) is 8.83 Å². The predicted octanol–water partition coefficient (Wildman–Crippen LogP) is 3.60. The van der Waals surface area contributed by atoms with Crippen LogP contribution in [0.5, 0.6) is 0 Å². The van der Waals surface area contributed by atoms with Crippen LogP contribution in [0.4, 0.5) is 0 Å². The third-order valence-electron chi connectivity index (χ3n) is 4.35. The van der Waals surface area contributed by atoms with Crippen LogP contribution in [0.1, 0.15) is 33.7 Å². The molecule has 0 bridgehead atoms. The van der Waals surface area contributed by atoms with Crippen molar-refractivity contribution in [1.29, 1.82) is 0 Å². The Labute approximate surface area is 161 Å². The van der Waals surface area contributed by atoms with Crippen molar-refractivity contribution in [2.75, 3.05) is 0 Å². The number of hydrogen-bond acceptors (Lipinski definition) is 4. The van der Waals surface area contributed by atoms with Crippen molar-refractivity contribution >= 4 is 5.91 Å². The van der Waals surface area contributed by atoms with Crippen LogP contribution < -0.4 is 10.9 Å². The molecule has 28 heavy (non-hydrogen) atoms. The number of carbonyl (C=O) groups is 1. The second kappa shape index (κ2) is 7.84. The number of carbonyl (C=O) groups excluding carboxylic acids is 1. The van der Waals surface area contributed by atoms with Crippen molar-refractivity contribution in [1.82, 2.24) is 9.88 Å². The first kappa shape index (κ1) is 17.6. The molecule has 3 heterocycles. The van der Waals surface area contributed by atoms with Gasteiger partial charge < -0.3 is 18.7 Å². The molecule has 1 aromatic carbocycles. The molecule has 4 rings (SSSR count). The molecule has 0 fully saturated rings. The number of hydrogen-bond donors (Lipinski definition) is 1. The number of nitrogens with one attached hydrogen (secondary N) is 1. The molecule has 0 saturated carbocycles. The van der Waals surface area contributed by atoms with E-state index in [0.29, 0.717) is 11.5 Å². The monoisotopic (exact) mass is 374 g/mol. The predicted molar refractivity (Wildman–Crippen MR) is 103 cm³/mol. The zero-order valence-electron chi connectivity index (χ0n) is 14.9. The fourth-order valence-corrected chi connectivity index (χ4v) is 2.97. The van der Waals surface area contributed by atoms with E-state index in [1.165, 1.54) is 10.6 Å². The molecule has 0 aliphatic carbocycles. The molecule has 140 valence electrons. The molecule has 4 aromatic rings.